The summed E-state index contributed by atoms with van der Waals surface area (Å²) in [5.41, 5.74) is 0.384. The first kappa shape index (κ1) is 11.1. The molecule has 1 N–H and O–H groups in total. The average molecular weight is 202 g/mol. The Morgan fingerprint density at radius 3 is 2.54 bits per heavy atom. The summed E-state index contributed by atoms with van der Waals surface area (Å²) in [6, 6.07) is 0. The SMILES string of the molecule is CC1(NC/C=C/CCl)CCCCC1. The van der Waals surface area contributed by atoms with Gasteiger partial charge < -0.3 is 5.32 Å². The van der Waals surface area contributed by atoms with Gasteiger partial charge in [-0.05, 0) is 19.8 Å². The third-order valence-corrected chi connectivity index (χ3v) is 3.04. The molecule has 1 rings (SSSR count). The molecule has 0 aromatic carbocycles. The minimum atomic E-state index is 0.384. The molecule has 1 nitrogen and oxygen atoms in total. The number of hydrogen-bond donors (Lipinski definition) is 1. The van der Waals surface area contributed by atoms with Crippen LogP contribution in [0.25, 0.3) is 0 Å². The summed E-state index contributed by atoms with van der Waals surface area (Å²) in [6.07, 6.45) is 10.9. The molecule has 1 saturated carbocycles. The number of halogens is 1. The van der Waals surface area contributed by atoms with Crippen molar-refractivity contribution in [3.8, 4) is 0 Å². The first-order valence-electron chi connectivity index (χ1n) is 5.23. The maximum absolute atomic E-state index is 5.54. The molecule has 0 aromatic rings. The van der Waals surface area contributed by atoms with Gasteiger partial charge in [-0.1, -0.05) is 31.4 Å². The second-order valence-electron chi connectivity index (χ2n) is 4.13. The smallest absolute Gasteiger partial charge is 0.0404 e. The summed E-state index contributed by atoms with van der Waals surface area (Å²) in [5, 5.41) is 3.59. The molecule has 1 fully saturated rings. The van der Waals surface area contributed by atoms with Gasteiger partial charge in [-0.3, -0.25) is 0 Å². The zero-order valence-corrected chi connectivity index (χ0v) is 9.24. The van der Waals surface area contributed by atoms with Crippen molar-refractivity contribution < 1.29 is 0 Å². The number of nitrogens with one attached hydrogen (secondary N) is 1. The van der Waals surface area contributed by atoms with E-state index in [1.165, 1.54) is 32.1 Å². The standard InChI is InChI=1S/C11H20ClN/c1-11(7-3-2-4-8-11)13-10-6-5-9-12/h5-6,13H,2-4,7-10H2,1H3/b6-5+. The number of hydrogen-bond acceptors (Lipinski definition) is 1. The maximum atomic E-state index is 5.54. The Morgan fingerprint density at radius 1 is 1.23 bits per heavy atom. The molecule has 0 aromatic heterocycles. The Kier molecular flexibility index (Phi) is 4.82. The van der Waals surface area contributed by atoms with Gasteiger partial charge in [-0.2, -0.15) is 0 Å². The van der Waals surface area contributed by atoms with Crippen LogP contribution < -0.4 is 5.32 Å². The van der Waals surface area contributed by atoms with Crippen molar-refractivity contribution in [2.75, 3.05) is 12.4 Å². The van der Waals surface area contributed by atoms with Crippen LogP contribution in [0.15, 0.2) is 12.2 Å². The topological polar surface area (TPSA) is 12.0 Å². The van der Waals surface area contributed by atoms with Crippen LogP contribution in [0, 0.1) is 0 Å². The van der Waals surface area contributed by atoms with E-state index in [-0.39, 0.29) is 0 Å². The van der Waals surface area contributed by atoms with Gasteiger partial charge in [0.1, 0.15) is 0 Å². The Hall–Kier alpha value is -0.0100. The zero-order valence-electron chi connectivity index (χ0n) is 8.48. The van der Waals surface area contributed by atoms with E-state index in [0.717, 1.165) is 6.54 Å². The van der Waals surface area contributed by atoms with Crippen LogP contribution >= 0.6 is 11.6 Å². The fourth-order valence-electron chi connectivity index (χ4n) is 1.96. The summed E-state index contributed by atoms with van der Waals surface area (Å²) in [5.74, 6) is 0.623. The third kappa shape index (κ3) is 4.15. The molecular formula is C11H20ClN. The molecule has 0 amide bonds. The third-order valence-electron chi connectivity index (χ3n) is 2.86. The lowest BCUT2D eigenvalue weighted by Gasteiger charge is -2.34. The average Bonchev–Trinajstić information content (AvgIpc) is 2.14. The number of alkyl halides is 1. The highest BCUT2D eigenvalue weighted by atomic mass is 35.5. The second kappa shape index (κ2) is 5.66. The molecule has 0 bridgehead atoms. The molecule has 13 heavy (non-hydrogen) atoms. The molecule has 0 saturated heterocycles. The summed E-state index contributed by atoms with van der Waals surface area (Å²) in [4.78, 5) is 0. The van der Waals surface area contributed by atoms with Crippen molar-refractivity contribution in [3.63, 3.8) is 0 Å². The van der Waals surface area contributed by atoms with Gasteiger partial charge >= 0.3 is 0 Å². The molecular weight excluding hydrogens is 182 g/mol. The molecule has 2 heteroatoms. The van der Waals surface area contributed by atoms with E-state index in [2.05, 4.69) is 18.3 Å². The summed E-state index contributed by atoms with van der Waals surface area (Å²) in [6.45, 7) is 3.30. The van der Waals surface area contributed by atoms with Crippen LogP contribution in [0.1, 0.15) is 39.0 Å². The van der Waals surface area contributed by atoms with Gasteiger partial charge in [-0.25, -0.2) is 0 Å². The summed E-state index contributed by atoms with van der Waals surface area (Å²) in [7, 11) is 0. The molecule has 1 aliphatic carbocycles. The molecule has 0 spiro atoms. The lowest BCUT2D eigenvalue weighted by Crippen LogP contribution is -2.43. The van der Waals surface area contributed by atoms with E-state index < -0.39 is 0 Å². The highest BCUT2D eigenvalue weighted by Gasteiger charge is 2.24. The van der Waals surface area contributed by atoms with Crippen LogP contribution in [0.3, 0.4) is 0 Å². The van der Waals surface area contributed by atoms with Gasteiger partial charge in [0, 0.05) is 18.0 Å². The largest absolute Gasteiger partial charge is 0.308 e. The normalized spacial score (nSPS) is 22.3. The van der Waals surface area contributed by atoms with Crippen LogP contribution in [0.5, 0.6) is 0 Å². The molecule has 0 radical (unpaired) electrons. The molecule has 0 aliphatic heterocycles. The zero-order chi connectivity index (χ0) is 9.57. The van der Waals surface area contributed by atoms with E-state index in [1.54, 1.807) is 0 Å². The highest BCUT2D eigenvalue weighted by Crippen LogP contribution is 2.27. The van der Waals surface area contributed by atoms with Gasteiger partial charge in [0.25, 0.3) is 0 Å². The van der Waals surface area contributed by atoms with Crippen LogP contribution in [0.2, 0.25) is 0 Å². The van der Waals surface area contributed by atoms with E-state index >= 15 is 0 Å². The van der Waals surface area contributed by atoms with Crippen molar-refractivity contribution in [2.24, 2.45) is 0 Å². The monoisotopic (exact) mass is 201 g/mol. The number of rotatable bonds is 4. The van der Waals surface area contributed by atoms with E-state index in [9.17, 15) is 0 Å². The highest BCUT2D eigenvalue weighted by molar-refractivity contribution is 6.18. The maximum Gasteiger partial charge on any atom is 0.0404 e. The van der Waals surface area contributed by atoms with E-state index in [0.29, 0.717) is 11.4 Å². The summed E-state index contributed by atoms with van der Waals surface area (Å²) >= 11 is 5.54. The van der Waals surface area contributed by atoms with Gasteiger partial charge in [-0.15, -0.1) is 11.6 Å². The first-order chi connectivity index (χ1) is 6.27. The molecule has 0 unspecified atom stereocenters. The quantitative estimate of drug-likeness (QED) is 0.545. The summed E-state index contributed by atoms with van der Waals surface area (Å²) < 4.78 is 0. The Morgan fingerprint density at radius 2 is 1.92 bits per heavy atom. The lowest BCUT2D eigenvalue weighted by molar-refractivity contribution is 0.263. The van der Waals surface area contributed by atoms with E-state index in [4.69, 9.17) is 11.6 Å². The number of allylic oxidation sites excluding steroid dienone is 1. The molecule has 0 atom stereocenters. The first-order valence-corrected chi connectivity index (χ1v) is 5.76. The van der Waals surface area contributed by atoms with Gasteiger partial charge in [0.05, 0.1) is 0 Å². The van der Waals surface area contributed by atoms with Gasteiger partial charge in [0.15, 0.2) is 0 Å². The van der Waals surface area contributed by atoms with Crippen molar-refractivity contribution in [1.82, 2.24) is 5.32 Å². The Labute approximate surface area is 86.5 Å². The fourth-order valence-corrected chi connectivity index (χ4v) is 2.09. The predicted octanol–water partition coefficient (Wildman–Crippen LogP) is 3.09. The van der Waals surface area contributed by atoms with Crippen LogP contribution in [-0.2, 0) is 0 Å². The predicted molar refractivity (Wildman–Crippen MR) is 59.4 cm³/mol. The van der Waals surface area contributed by atoms with Crippen LogP contribution in [-0.4, -0.2) is 18.0 Å². The van der Waals surface area contributed by atoms with Crippen molar-refractivity contribution in [1.29, 1.82) is 0 Å². The Balaban J connectivity index is 2.21. The minimum Gasteiger partial charge on any atom is -0.308 e. The molecule has 76 valence electrons. The lowest BCUT2D eigenvalue weighted by atomic mass is 9.83. The van der Waals surface area contributed by atoms with Crippen molar-refractivity contribution in [2.45, 2.75) is 44.6 Å². The van der Waals surface area contributed by atoms with E-state index in [1.807, 2.05) is 6.08 Å². The van der Waals surface area contributed by atoms with Crippen molar-refractivity contribution in [3.05, 3.63) is 12.2 Å². The Bertz CT molecular complexity index is 159. The fraction of sp³-hybridized carbons (Fsp3) is 0.818. The van der Waals surface area contributed by atoms with Gasteiger partial charge in [0.2, 0.25) is 0 Å². The minimum absolute atomic E-state index is 0.384. The van der Waals surface area contributed by atoms with Crippen molar-refractivity contribution >= 4 is 11.6 Å². The molecule has 1 aliphatic rings. The second-order valence-corrected chi connectivity index (χ2v) is 4.44. The van der Waals surface area contributed by atoms with Crippen LogP contribution in [0.4, 0.5) is 0 Å². The molecule has 0 heterocycles.